The minimum absolute atomic E-state index is 0.0347. The summed E-state index contributed by atoms with van der Waals surface area (Å²) in [6.07, 6.45) is 0. The van der Waals surface area contributed by atoms with E-state index in [-0.39, 0.29) is 5.41 Å². The second kappa shape index (κ2) is 4.42. The van der Waals surface area contributed by atoms with E-state index >= 15 is 0 Å². The highest BCUT2D eigenvalue weighted by Crippen LogP contribution is 2.34. The molecule has 0 atom stereocenters. The van der Waals surface area contributed by atoms with E-state index < -0.39 is 0 Å². The SMILES string of the molecule is CC(C)(C)c1cc2cc(Br)cc(Cl)c2nc1Cl. The van der Waals surface area contributed by atoms with Crippen LogP contribution in [0.4, 0.5) is 0 Å². The summed E-state index contributed by atoms with van der Waals surface area (Å²) < 4.78 is 0.944. The number of hydrogen-bond donors (Lipinski definition) is 0. The van der Waals surface area contributed by atoms with Crippen molar-refractivity contribution in [1.29, 1.82) is 0 Å². The van der Waals surface area contributed by atoms with Crippen molar-refractivity contribution in [3.05, 3.63) is 38.4 Å². The molecule has 0 spiro atoms. The van der Waals surface area contributed by atoms with Crippen molar-refractivity contribution in [2.75, 3.05) is 0 Å². The first kappa shape index (κ1) is 13.1. The molecule has 0 aliphatic heterocycles. The first-order valence-corrected chi connectivity index (χ1v) is 6.80. The van der Waals surface area contributed by atoms with E-state index in [9.17, 15) is 0 Å². The molecule has 0 fully saturated rings. The van der Waals surface area contributed by atoms with Gasteiger partial charge in [0, 0.05) is 9.86 Å². The van der Waals surface area contributed by atoms with E-state index in [1.54, 1.807) is 0 Å². The normalized spacial score (nSPS) is 12.1. The second-order valence-electron chi connectivity index (χ2n) is 5.04. The zero-order valence-electron chi connectivity index (χ0n) is 9.81. The van der Waals surface area contributed by atoms with Crippen molar-refractivity contribution in [3.63, 3.8) is 0 Å². The molecule has 0 radical (unpaired) electrons. The van der Waals surface area contributed by atoms with E-state index in [2.05, 4.69) is 47.8 Å². The molecule has 0 unspecified atom stereocenters. The van der Waals surface area contributed by atoms with Gasteiger partial charge in [-0.1, -0.05) is 59.9 Å². The number of hydrogen-bond acceptors (Lipinski definition) is 1. The maximum Gasteiger partial charge on any atom is 0.133 e. The summed E-state index contributed by atoms with van der Waals surface area (Å²) in [6.45, 7) is 6.34. The zero-order chi connectivity index (χ0) is 12.8. The van der Waals surface area contributed by atoms with Gasteiger partial charge < -0.3 is 0 Å². The van der Waals surface area contributed by atoms with E-state index in [1.807, 2.05) is 12.1 Å². The lowest BCUT2D eigenvalue weighted by Crippen LogP contribution is -2.12. The van der Waals surface area contributed by atoms with E-state index in [0.29, 0.717) is 10.2 Å². The van der Waals surface area contributed by atoms with Crippen molar-refractivity contribution < 1.29 is 0 Å². The van der Waals surface area contributed by atoms with Gasteiger partial charge in [-0.2, -0.15) is 0 Å². The molecule has 0 aliphatic rings. The number of aromatic nitrogens is 1. The van der Waals surface area contributed by atoms with Gasteiger partial charge in [-0.25, -0.2) is 4.98 Å². The highest BCUT2D eigenvalue weighted by atomic mass is 79.9. The van der Waals surface area contributed by atoms with Gasteiger partial charge in [-0.3, -0.25) is 0 Å². The molecule has 0 saturated heterocycles. The molecule has 1 nitrogen and oxygen atoms in total. The Morgan fingerprint density at radius 1 is 1.12 bits per heavy atom. The van der Waals surface area contributed by atoms with Crippen LogP contribution in [0.15, 0.2) is 22.7 Å². The molecule has 1 heterocycles. The third kappa shape index (κ3) is 2.59. The fraction of sp³-hybridized carbons (Fsp3) is 0.308. The van der Waals surface area contributed by atoms with Gasteiger partial charge in [0.25, 0.3) is 0 Å². The topological polar surface area (TPSA) is 12.9 Å². The lowest BCUT2D eigenvalue weighted by Gasteiger charge is -2.20. The van der Waals surface area contributed by atoms with Crippen molar-refractivity contribution >= 4 is 50.0 Å². The largest absolute Gasteiger partial charge is 0.234 e. The average molecular weight is 333 g/mol. The first-order chi connectivity index (χ1) is 7.79. The summed E-state index contributed by atoms with van der Waals surface area (Å²) in [5.41, 5.74) is 1.74. The maximum absolute atomic E-state index is 6.22. The number of halogens is 3. The Hall–Kier alpha value is -0.310. The monoisotopic (exact) mass is 331 g/mol. The maximum atomic E-state index is 6.22. The summed E-state index contributed by atoms with van der Waals surface area (Å²) in [4.78, 5) is 4.40. The predicted molar refractivity (Wildman–Crippen MR) is 78.2 cm³/mol. The average Bonchev–Trinajstić information content (AvgIpc) is 2.16. The molecular formula is C13H12BrCl2N. The van der Waals surface area contributed by atoms with Crippen LogP contribution in [0.25, 0.3) is 10.9 Å². The van der Waals surface area contributed by atoms with Crippen LogP contribution in [0.3, 0.4) is 0 Å². The van der Waals surface area contributed by atoms with E-state index in [4.69, 9.17) is 23.2 Å². The summed E-state index contributed by atoms with van der Waals surface area (Å²) in [7, 11) is 0. The van der Waals surface area contributed by atoms with Gasteiger partial charge in [0.2, 0.25) is 0 Å². The Morgan fingerprint density at radius 2 is 1.76 bits per heavy atom. The minimum atomic E-state index is -0.0347. The Morgan fingerprint density at radius 3 is 2.35 bits per heavy atom. The van der Waals surface area contributed by atoms with Crippen LogP contribution >= 0.6 is 39.1 Å². The van der Waals surface area contributed by atoms with Crippen LogP contribution in [0, 0.1) is 0 Å². The van der Waals surface area contributed by atoms with Gasteiger partial charge in [0.1, 0.15) is 5.15 Å². The molecule has 0 N–H and O–H groups in total. The fourth-order valence-corrected chi connectivity index (χ4v) is 3.01. The molecule has 0 saturated carbocycles. The van der Waals surface area contributed by atoms with Crippen molar-refractivity contribution in [2.45, 2.75) is 26.2 Å². The Bertz CT molecular complexity index is 588. The van der Waals surface area contributed by atoms with Gasteiger partial charge in [-0.15, -0.1) is 0 Å². The number of pyridine rings is 1. The number of fused-ring (bicyclic) bond motifs is 1. The van der Waals surface area contributed by atoms with Gasteiger partial charge >= 0.3 is 0 Å². The van der Waals surface area contributed by atoms with Gasteiger partial charge in [0.05, 0.1) is 10.5 Å². The van der Waals surface area contributed by atoms with Crippen molar-refractivity contribution in [2.24, 2.45) is 0 Å². The van der Waals surface area contributed by atoms with Crippen LogP contribution < -0.4 is 0 Å². The smallest absolute Gasteiger partial charge is 0.133 e. The third-order valence-corrected chi connectivity index (χ3v) is 3.63. The van der Waals surface area contributed by atoms with Crippen LogP contribution in [0.1, 0.15) is 26.3 Å². The number of rotatable bonds is 0. The molecule has 2 aromatic rings. The van der Waals surface area contributed by atoms with Gasteiger partial charge in [0.15, 0.2) is 0 Å². The van der Waals surface area contributed by atoms with Gasteiger partial charge in [-0.05, 0) is 29.2 Å². The standard InChI is InChI=1S/C13H12BrCl2N/c1-13(2,3)9-5-7-4-8(14)6-10(15)11(7)17-12(9)16/h4-6H,1-3H3. The Kier molecular flexibility index (Phi) is 3.41. The molecular weight excluding hydrogens is 321 g/mol. The van der Waals surface area contributed by atoms with E-state index in [0.717, 1.165) is 20.9 Å². The molecule has 1 aromatic carbocycles. The molecule has 1 aromatic heterocycles. The van der Waals surface area contributed by atoms with Crippen LogP contribution in [0.5, 0.6) is 0 Å². The van der Waals surface area contributed by atoms with Crippen LogP contribution in [-0.2, 0) is 5.41 Å². The highest BCUT2D eigenvalue weighted by molar-refractivity contribution is 9.10. The fourth-order valence-electron chi connectivity index (χ4n) is 1.71. The molecule has 0 amide bonds. The predicted octanol–water partition coefficient (Wildman–Crippen LogP) is 5.60. The molecule has 17 heavy (non-hydrogen) atoms. The summed E-state index contributed by atoms with van der Waals surface area (Å²) in [6, 6.07) is 5.88. The van der Waals surface area contributed by atoms with Crippen molar-refractivity contribution in [1.82, 2.24) is 4.98 Å². The summed E-state index contributed by atoms with van der Waals surface area (Å²) >= 11 is 15.8. The minimum Gasteiger partial charge on any atom is -0.234 e. The molecule has 4 heteroatoms. The second-order valence-corrected chi connectivity index (χ2v) is 6.72. The van der Waals surface area contributed by atoms with Crippen molar-refractivity contribution in [3.8, 4) is 0 Å². The highest BCUT2D eigenvalue weighted by Gasteiger charge is 2.19. The lowest BCUT2D eigenvalue weighted by molar-refractivity contribution is 0.589. The summed E-state index contributed by atoms with van der Waals surface area (Å²) in [5, 5.41) is 2.13. The van der Waals surface area contributed by atoms with E-state index in [1.165, 1.54) is 0 Å². The number of nitrogens with zero attached hydrogens (tertiary/aromatic N) is 1. The van der Waals surface area contributed by atoms with Crippen LogP contribution in [0.2, 0.25) is 10.2 Å². The Labute approximate surface area is 119 Å². The zero-order valence-corrected chi connectivity index (χ0v) is 12.9. The van der Waals surface area contributed by atoms with Crippen LogP contribution in [-0.4, -0.2) is 4.98 Å². The lowest BCUT2D eigenvalue weighted by atomic mass is 9.87. The summed E-state index contributed by atoms with van der Waals surface area (Å²) in [5.74, 6) is 0. The number of benzene rings is 1. The molecule has 0 bridgehead atoms. The molecule has 90 valence electrons. The Balaban J connectivity index is 2.81. The molecule has 2 rings (SSSR count). The molecule has 0 aliphatic carbocycles. The quantitative estimate of drug-likeness (QED) is 0.572. The third-order valence-electron chi connectivity index (χ3n) is 2.60. The first-order valence-electron chi connectivity index (χ1n) is 5.25.